The first kappa shape index (κ1) is 14.7. The quantitative estimate of drug-likeness (QED) is 0.463. The zero-order chi connectivity index (χ0) is 15.2. The van der Waals surface area contributed by atoms with E-state index in [4.69, 9.17) is 9.47 Å². The molecule has 6 nitrogen and oxygen atoms in total. The van der Waals surface area contributed by atoms with Crippen LogP contribution in [-0.4, -0.2) is 24.4 Å². The van der Waals surface area contributed by atoms with Gasteiger partial charge in [0.2, 0.25) is 0 Å². The molecule has 0 amide bonds. The van der Waals surface area contributed by atoms with Crippen LogP contribution in [0.4, 0.5) is 5.69 Å². The smallest absolute Gasteiger partial charge is 0.269 e. The van der Waals surface area contributed by atoms with Crippen molar-refractivity contribution in [3.05, 3.63) is 64.2 Å². The first-order valence-electron chi connectivity index (χ1n) is 6.14. The van der Waals surface area contributed by atoms with Gasteiger partial charge >= 0.3 is 0 Å². The van der Waals surface area contributed by atoms with Crippen LogP contribution in [0.5, 0.6) is 11.5 Å². The van der Waals surface area contributed by atoms with Crippen LogP contribution in [-0.2, 0) is 4.74 Å². The highest BCUT2D eigenvalue weighted by Crippen LogP contribution is 2.24. The molecule has 0 spiro atoms. The van der Waals surface area contributed by atoms with Gasteiger partial charge in [-0.1, -0.05) is 0 Å². The van der Waals surface area contributed by atoms with E-state index in [2.05, 4.69) is 0 Å². The Morgan fingerprint density at radius 2 is 1.57 bits per heavy atom. The summed E-state index contributed by atoms with van der Waals surface area (Å²) < 4.78 is 10.3. The highest BCUT2D eigenvalue weighted by molar-refractivity contribution is 5.97. The summed E-state index contributed by atoms with van der Waals surface area (Å²) in [5, 5.41) is 10.5. The van der Waals surface area contributed by atoms with Gasteiger partial charge in [0.1, 0.15) is 18.1 Å². The fraction of sp³-hybridized carbons (Fsp3) is 0.133. The third-order valence-electron chi connectivity index (χ3n) is 2.73. The molecule has 0 saturated carbocycles. The van der Waals surface area contributed by atoms with Gasteiger partial charge in [-0.2, -0.15) is 0 Å². The van der Waals surface area contributed by atoms with Crippen molar-refractivity contribution in [2.75, 3.05) is 13.7 Å². The standard InChI is InChI=1S/C15H13NO5/c1-20-10-15(17)11-2-6-13(7-3-11)21-14-8-4-12(5-9-14)16(18)19/h2-9H,10H2,1H3. The van der Waals surface area contributed by atoms with Crippen LogP contribution >= 0.6 is 0 Å². The van der Waals surface area contributed by atoms with Crippen molar-refractivity contribution in [2.24, 2.45) is 0 Å². The second-order valence-electron chi connectivity index (χ2n) is 4.23. The average Bonchev–Trinajstić information content (AvgIpc) is 2.49. The molecule has 0 aliphatic rings. The van der Waals surface area contributed by atoms with Crippen molar-refractivity contribution in [3.63, 3.8) is 0 Å². The summed E-state index contributed by atoms with van der Waals surface area (Å²) in [5.41, 5.74) is 0.538. The number of carbonyl (C=O) groups excluding carboxylic acids is 1. The maximum atomic E-state index is 11.6. The third kappa shape index (κ3) is 3.87. The Kier molecular flexibility index (Phi) is 4.63. The van der Waals surface area contributed by atoms with Crippen molar-refractivity contribution < 1.29 is 19.2 Å². The minimum Gasteiger partial charge on any atom is -0.457 e. The van der Waals surface area contributed by atoms with Gasteiger partial charge in [0.05, 0.1) is 4.92 Å². The molecule has 2 aromatic carbocycles. The number of hydrogen-bond donors (Lipinski definition) is 0. The van der Waals surface area contributed by atoms with Gasteiger partial charge in [0.25, 0.3) is 5.69 Å². The molecule has 0 bridgehead atoms. The van der Waals surface area contributed by atoms with Crippen LogP contribution in [0, 0.1) is 10.1 Å². The van der Waals surface area contributed by atoms with E-state index in [-0.39, 0.29) is 18.1 Å². The van der Waals surface area contributed by atoms with Gasteiger partial charge in [-0.05, 0) is 36.4 Å². The van der Waals surface area contributed by atoms with Crippen LogP contribution in [0.15, 0.2) is 48.5 Å². The van der Waals surface area contributed by atoms with E-state index in [9.17, 15) is 14.9 Å². The number of nitro benzene ring substituents is 1. The first-order valence-corrected chi connectivity index (χ1v) is 6.14. The van der Waals surface area contributed by atoms with Crippen molar-refractivity contribution in [1.29, 1.82) is 0 Å². The number of non-ortho nitro benzene ring substituents is 1. The van der Waals surface area contributed by atoms with Crippen molar-refractivity contribution in [1.82, 2.24) is 0 Å². The average molecular weight is 287 g/mol. The lowest BCUT2D eigenvalue weighted by atomic mass is 10.1. The van der Waals surface area contributed by atoms with E-state index in [1.807, 2.05) is 0 Å². The fourth-order valence-electron chi connectivity index (χ4n) is 1.70. The van der Waals surface area contributed by atoms with Gasteiger partial charge < -0.3 is 9.47 Å². The summed E-state index contributed by atoms with van der Waals surface area (Å²) in [6.45, 7) is 0.0303. The van der Waals surface area contributed by atoms with Gasteiger partial charge in [-0.25, -0.2) is 0 Å². The molecule has 108 valence electrons. The Bertz CT molecular complexity index is 634. The molecule has 0 N–H and O–H groups in total. The lowest BCUT2D eigenvalue weighted by molar-refractivity contribution is -0.384. The molecular weight excluding hydrogens is 274 g/mol. The molecule has 0 aromatic heterocycles. The molecule has 0 saturated heterocycles. The number of ether oxygens (including phenoxy) is 2. The van der Waals surface area contributed by atoms with Gasteiger partial charge in [-0.3, -0.25) is 14.9 Å². The number of nitrogens with zero attached hydrogens (tertiary/aromatic N) is 1. The molecule has 0 unspecified atom stereocenters. The number of hydrogen-bond acceptors (Lipinski definition) is 5. The number of benzene rings is 2. The lowest BCUT2D eigenvalue weighted by Crippen LogP contribution is -2.06. The Morgan fingerprint density at radius 1 is 1.05 bits per heavy atom. The van der Waals surface area contributed by atoms with Crippen LogP contribution in [0.3, 0.4) is 0 Å². The first-order chi connectivity index (χ1) is 10.1. The summed E-state index contributed by atoms with van der Waals surface area (Å²) in [6, 6.07) is 12.4. The monoisotopic (exact) mass is 287 g/mol. The SMILES string of the molecule is COCC(=O)c1ccc(Oc2ccc([N+](=O)[O-])cc2)cc1. The molecule has 0 radical (unpaired) electrons. The van der Waals surface area contributed by atoms with E-state index in [1.165, 1.54) is 31.4 Å². The predicted molar refractivity (Wildman–Crippen MR) is 75.8 cm³/mol. The maximum Gasteiger partial charge on any atom is 0.269 e. The summed E-state index contributed by atoms with van der Waals surface area (Å²) in [6.07, 6.45) is 0. The summed E-state index contributed by atoms with van der Waals surface area (Å²) in [4.78, 5) is 21.7. The van der Waals surface area contributed by atoms with E-state index >= 15 is 0 Å². The maximum absolute atomic E-state index is 11.6. The number of Topliss-reactive ketones (excluding diaryl/α,β-unsaturated/α-hetero) is 1. The minimum absolute atomic E-state index is 0.00265. The number of nitro groups is 1. The van der Waals surface area contributed by atoms with Gasteiger partial charge in [0, 0.05) is 24.8 Å². The fourth-order valence-corrected chi connectivity index (χ4v) is 1.70. The summed E-state index contributed by atoms with van der Waals surface area (Å²) in [5.74, 6) is 0.911. The van der Waals surface area contributed by atoms with Gasteiger partial charge in [0.15, 0.2) is 5.78 Å². The Morgan fingerprint density at radius 3 is 2.05 bits per heavy atom. The van der Waals surface area contributed by atoms with Crippen LogP contribution < -0.4 is 4.74 Å². The topological polar surface area (TPSA) is 78.7 Å². The molecule has 6 heteroatoms. The summed E-state index contributed by atoms with van der Waals surface area (Å²) in [7, 11) is 1.46. The molecule has 2 rings (SSSR count). The predicted octanol–water partition coefficient (Wildman–Crippen LogP) is 3.22. The number of rotatable bonds is 6. The number of carbonyl (C=O) groups is 1. The number of ketones is 1. The summed E-state index contributed by atoms with van der Waals surface area (Å²) >= 11 is 0. The second kappa shape index (κ2) is 6.62. The lowest BCUT2D eigenvalue weighted by Gasteiger charge is -2.06. The van der Waals surface area contributed by atoms with Crippen molar-refractivity contribution >= 4 is 11.5 Å². The molecule has 0 atom stereocenters. The zero-order valence-corrected chi connectivity index (χ0v) is 11.3. The van der Waals surface area contributed by atoms with Crippen LogP contribution in [0.25, 0.3) is 0 Å². The minimum atomic E-state index is -0.472. The Labute approximate surface area is 121 Å². The van der Waals surface area contributed by atoms with E-state index in [0.29, 0.717) is 17.1 Å². The zero-order valence-electron chi connectivity index (χ0n) is 11.3. The number of methoxy groups -OCH3 is 1. The van der Waals surface area contributed by atoms with Crippen molar-refractivity contribution in [3.8, 4) is 11.5 Å². The van der Waals surface area contributed by atoms with E-state index in [1.54, 1.807) is 24.3 Å². The van der Waals surface area contributed by atoms with E-state index < -0.39 is 4.92 Å². The van der Waals surface area contributed by atoms with Gasteiger partial charge in [-0.15, -0.1) is 0 Å². The van der Waals surface area contributed by atoms with Crippen molar-refractivity contribution in [2.45, 2.75) is 0 Å². The molecule has 2 aromatic rings. The molecule has 0 fully saturated rings. The normalized spacial score (nSPS) is 10.1. The largest absolute Gasteiger partial charge is 0.457 e. The van der Waals surface area contributed by atoms with Crippen LogP contribution in [0.2, 0.25) is 0 Å². The Hall–Kier alpha value is -2.73. The molecule has 0 heterocycles. The third-order valence-corrected chi connectivity index (χ3v) is 2.73. The molecule has 0 aliphatic carbocycles. The highest BCUT2D eigenvalue weighted by atomic mass is 16.6. The van der Waals surface area contributed by atoms with Crippen LogP contribution in [0.1, 0.15) is 10.4 Å². The molecule has 21 heavy (non-hydrogen) atoms. The molecular formula is C15H13NO5. The highest BCUT2D eigenvalue weighted by Gasteiger charge is 2.07. The van der Waals surface area contributed by atoms with E-state index in [0.717, 1.165) is 0 Å². The Balaban J connectivity index is 2.06. The second-order valence-corrected chi connectivity index (χ2v) is 4.23. The molecule has 0 aliphatic heterocycles.